The van der Waals surface area contributed by atoms with Crippen LogP contribution in [-0.4, -0.2) is 7.85 Å². The molecule has 0 spiro atoms. The monoisotopic (exact) mass is 342 g/mol. The van der Waals surface area contributed by atoms with Gasteiger partial charge < -0.3 is 0 Å². The second kappa shape index (κ2) is 9.32. The van der Waals surface area contributed by atoms with Crippen molar-refractivity contribution in [2.75, 3.05) is 0 Å². The lowest BCUT2D eigenvalue weighted by Crippen LogP contribution is -2.39. The Kier molecular flexibility index (Phi) is 7.39. The standard InChI is InChI=1S/C24H43B/c1-19(2)21-16-12-14-20-13-8-4-3-5-9-15-22(20)23(21)24(25)17-10-6-7-11-18-24/h19-23H,3-18H2,1-2H3. The van der Waals surface area contributed by atoms with E-state index < -0.39 is 0 Å². The summed E-state index contributed by atoms with van der Waals surface area (Å²) >= 11 is 0. The highest BCUT2D eigenvalue weighted by molar-refractivity contribution is 6.15. The van der Waals surface area contributed by atoms with Crippen LogP contribution in [0.4, 0.5) is 0 Å². The third kappa shape index (κ3) is 4.87. The van der Waals surface area contributed by atoms with Crippen molar-refractivity contribution in [1.29, 1.82) is 0 Å². The van der Waals surface area contributed by atoms with Crippen LogP contribution in [0.3, 0.4) is 0 Å². The van der Waals surface area contributed by atoms with Gasteiger partial charge in [0, 0.05) is 0 Å². The molecule has 3 saturated carbocycles. The maximum absolute atomic E-state index is 7.37. The van der Waals surface area contributed by atoms with E-state index in [1.54, 1.807) is 0 Å². The van der Waals surface area contributed by atoms with Crippen LogP contribution in [0.5, 0.6) is 0 Å². The maximum Gasteiger partial charge on any atom is 0.0750 e. The lowest BCUT2D eigenvalue weighted by Gasteiger charge is -2.49. The summed E-state index contributed by atoms with van der Waals surface area (Å²) in [4.78, 5) is 0. The minimum Gasteiger partial charge on any atom is -0.0627 e. The average Bonchev–Trinajstić information content (AvgIpc) is 2.86. The molecule has 1 heteroatoms. The molecule has 0 saturated heterocycles. The van der Waals surface area contributed by atoms with Gasteiger partial charge in [-0.25, -0.2) is 0 Å². The molecule has 0 aromatic heterocycles. The largest absolute Gasteiger partial charge is 0.0750 e. The molecule has 3 aliphatic carbocycles. The van der Waals surface area contributed by atoms with Gasteiger partial charge in [0.05, 0.1) is 7.85 Å². The first-order valence-electron chi connectivity index (χ1n) is 11.9. The van der Waals surface area contributed by atoms with Crippen molar-refractivity contribution >= 4 is 7.85 Å². The molecule has 0 aromatic carbocycles. The Morgan fingerprint density at radius 3 is 1.92 bits per heavy atom. The van der Waals surface area contributed by atoms with Gasteiger partial charge in [0.15, 0.2) is 0 Å². The van der Waals surface area contributed by atoms with E-state index in [2.05, 4.69) is 13.8 Å². The SMILES string of the molecule is [B]C1(C2C(C(C)C)CCCC3CCCCCCCC32)CCCCCC1. The van der Waals surface area contributed by atoms with E-state index in [1.165, 1.54) is 103 Å². The molecular weight excluding hydrogens is 299 g/mol. The Labute approximate surface area is 159 Å². The number of rotatable bonds is 2. The lowest BCUT2D eigenvalue weighted by molar-refractivity contribution is 0.0767. The molecule has 0 heterocycles. The average molecular weight is 342 g/mol. The van der Waals surface area contributed by atoms with Crippen LogP contribution in [0.15, 0.2) is 0 Å². The first-order valence-corrected chi connectivity index (χ1v) is 11.9. The third-order valence-corrected chi connectivity index (χ3v) is 8.31. The van der Waals surface area contributed by atoms with Crippen molar-refractivity contribution < 1.29 is 0 Å². The molecule has 3 fully saturated rings. The van der Waals surface area contributed by atoms with E-state index in [4.69, 9.17) is 7.85 Å². The minimum atomic E-state index is 0.146. The fraction of sp³-hybridized carbons (Fsp3) is 1.00. The molecular formula is C24H43B. The molecule has 0 amide bonds. The van der Waals surface area contributed by atoms with Crippen molar-refractivity contribution in [3.05, 3.63) is 0 Å². The van der Waals surface area contributed by atoms with Gasteiger partial charge in [0.25, 0.3) is 0 Å². The van der Waals surface area contributed by atoms with Crippen LogP contribution >= 0.6 is 0 Å². The summed E-state index contributed by atoms with van der Waals surface area (Å²) in [6, 6.07) is 0. The molecule has 25 heavy (non-hydrogen) atoms. The fourth-order valence-corrected chi connectivity index (χ4v) is 7.03. The van der Waals surface area contributed by atoms with Crippen molar-refractivity contribution in [2.45, 2.75) is 122 Å². The highest BCUT2D eigenvalue weighted by atomic mass is 14.5. The third-order valence-electron chi connectivity index (χ3n) is 8.31. The Bertz CT molecular complexity index is 380. The van der Waals surface area contributed by atoms with Gasteiger partial charge in [-0.3, -0.25) is 0 Å². The summed E-state index contributed by atoms with van der Waals surface area (Å²) in [7, 11) is 7.37. The Morgan fingerprint density at radius 1 is 0.680 bits per heavy atom. The van der Waals surface area contributed by atoms with Crippen molar-refractivity contribution in [1.82, 2.24) is 0 Å². The summed E-state index contributed by atoms with van der Waals surface area (Å²) in [5.74, 6) is 4.39. The highest BCUT2D eigenvalue weighted by Gasteiger charge is 2.46. The van der Waals surface area contributed by atoms with E-state index in [-0.39, 0.29) is 5.31 Å². The first-order chi connectivity index (χ1) is 12.1. The van der Waals surface area contributed by atoms with Crippen LogP contribution in [0.1, 0.15) is 117 Å². The van der Waals surface area contributed by atoms with Crippen LogP contribution in [0.2, 0.25) is 5.31 Å². The van der Waals surface area contributed by atoms with Gasteiger partial charge in [-0.2, -0.15) is 0 Å². The number of fused-ring (bicyclic) bond motifs is 1. The Hall–Kier alpha value is 0.0649. The minimum absolute atomic E-state index is 0.146. The topological polar surface area (TPSA) is 0 Å². The highest BCUT2D eigenvalue weighted by Crippen LogP contribution is 2.58. The van der Waals surface area contributed by atoms with Gasteiger partial charge >= 0.3 is 0 Å². The molecule has 4 unspecified atom stereocenters. The summed E-state index contributed by atoms with van der Waals surface area (Å²) in [6.45, 7) is 4.99. The van der Waals surface area contributed by atoms with E-state index >= 15 is 0 Å². The zero-order valence-electron chi connectivity index (χ0n) is 17.3. The molecule has 2 radical (unpaired) electrons. The lowest BCUT2D eigenvalue weighted by atomic mass is 9.48. The molecule has 0 N–H and O–H groups in total. The molecule has 3 aliphatic rings. The van der Waals surface area contributed by atoms with Gasteiger partial charge in [-0.1, -0.05) is 109 Å². The van der Waals surface area contributed by atoms with Crippen LogP contribution < -0.4 is 0 Å². The Balaban J connectivity index is 1.92. The van der Waals surface area contributed by atoms with Gasteiger partial charge in [0.1, 0.15) is 0 Å². The molecule has 0 bridgehead atoms. The van der Waals surface area contributed by atoms with E-state index in [0.717, 1.165) is 29.6 Å². The second-order valence-electron chi connectivity index (χ2n) is 10.3. The molecule has 0 aromatic rings. The first kappa shape index (κ1) is 19.8. The summed E-state index contributed by atoms with van der Waals surface area (Å²) in [5, 5.41) is 0.146. The van der Waals surface area contributed by atoms with Crippen LogP contribution in [0.25, 0.3) is 0 Å². The molecule has 142 valence electrons. The van der Waals surface area contributed by atoms with Crippen LogP contribution in [0, 0.1) is 29.6 Å². The van der Waals surface area contributed by atoms with E-state index in [9.17, 15) is 0 Å². The zero-order valence-corrected chi connectivity index (χ0v) is 17.3. The van der Waals surface area contributed by atoms with Gasteiger partial charge in [-0.15, -0.1) is 0 Å². The van der Waals surface area contributed by atoms with Gasteiger partial charge in [-0.05, 0) is 42.4 Å². The number of hydrogen-bond donors (Lipinski definition) is 0. The van der Waals surface area contributed by atoms with Crippen LogP contribution in [-0.2, 0) is 0 Å². The second-order valence-corrected chi connectivity index (χ2v) is 10.3. The smallest absolute Gasteiger partial charge is 0.0627 e. The van der Waals surface area contributed by atoms with E-state index in [1.807, 2.05) is 0 Å². The predicted octanol–water partition coefficient (Wildman–Crippen LogP) is 7.72. The predicted molar refractivity (Wildman–Crippen MR) is 111 cm³/mol. The van der Waals surface area contributed by atoms with E-state index in [0.29, 0.717) is 0 Å². The van der Waals surface area contributed by atoms with Crippen molar-refractivity contribution in [3.8, 4) is 0 Å². The normalized spacial score (nSPS) is 37.9. The summed E-state index contributed by atoms with van der Waals surface area (Å²) < 4.78 is 0. The fourth-order valence-electron chi connectivity index (χ4n) is 7.03. The summed E-state index contributed by atoms with van der Waals surface area (Å²) in [5.41, 5.74) is 0. The summed E-state index contributed by atoms with van der Waals surface area (Å²) in [6.07, 6.45) is 23.0. The number of hydrogen-bond acceptors (Lipinski definition) is 0. The quantitative estimate of drug-likeness (QED) is 0.356. The molecule has 3 rings (SSSR count). The van der Waals surface area contributed by atoms with Gasteiger partial charge in [0.2, 0.25) is 0 Å². The molecule has 0 aliphatic heterocycles. The van der Waals surface area contributed by atoms with Crippen molar-refractivity contribution in [3.63, 3.8) is 0 Å². The molecule has 4 atom stereocenters. The molecule has 0 nitrogen and oxygen atoms in total. The Morgan fingerprint density at radius 2 is 1.24 bits per heavy atom. The maximum atomic E-state index is 7.37. The van der Waals surface area contributed by atoms with Crippen molar-refractivity contribution in [2.24, 2.45) is 29.6 Å². The zero-order chi connectivity index (χ0) is 17.7.